The molecule has 1 N–H and O–H groups in total. The monoisotopic (exact) mass is 541 g/mol. The predicted molar refractivity (Wildman–Crippen MR) is 126 cm³/mol. The van der Waals surface area contributed by atoms with Gasteiger partial charge < -0.3 is 4.57 Å². The van der Waals surface area contributed by atoms with Crippen molar-refractivity contribution in [3.8, 4) is 0 Å². The number of hydrogen-bond acceptors (Lipinski definition) is 4. The molecule has 0 aliphatic carbocycles. The Bertz CT molecular complexity index is 1270. The third kappa shape index (κ3) is 5.77. The third-order valence-corrected chi connectivity index (χ3v) is 6.94. The number of aryl methyl sites for hydroxylation is 2. The largest absolute Gasteiger partial charge is 0.323 e. The molecule has 2 aromatic carbocycles. The molecule has 162 valence electrons. The number of nitrogens with one attached hydrogen (secondary N) is 1. The van der Waals surface area contributed by atoms with Gasteiger partial charge in [-0.3, -0.25) is 4.79 Å². The highest BCUT2D eigenvalue weighted by Crippen LogP contribution is 2.25. The Balaban J connectivity index is 1.82. The normalized spacial score (nSPS) is 11.8. The lowest BCUT2D eigenvalue weighted by atomic mass is 10.2. The van der Waals surface area contributed by atoms with Gasteiger partial charge in [-0.2, -0.15) is 0 Å². The molecule has 3 aromatic rings. The lowest BCUT2D eigenvalue weighted by Gasteiger charge is -2.10. The molecule has 0 radical (unpaired) electrons. The topological polar surface area (TPSA) is 81.1 Å². The van der Waals surface area contributed by atoms with Gasteiger partial charge in [-0.05, 0) is 49.8 Å². The molecule has 0 spiro atoms. The summed E-state index contributed by atoms with van der Waals surface area (Å²) < 4.78 is 29.4. The second-order valence-corrected chi connectivity index (χ2v) is 10.1. The van der Waals surface area contributed by atoms with Gasteiger partial charge in [-0.25, -0.2) is 18.1 Å². The van der Waals surface area contributed by atoms with Crippen molar-refractivity contribution in [2.45, 2.75) is 25.3 Å². The Morgan fingerprint density at radius 2 is 1.84 bits per heavy atom. The van der Waals surface area contributed by atoms with Crippen LogP contribution in [0.15, 0.2) is 57.9 Å². The Kier molecular flexibility index (Phi) is 7.26. The zero-order chi connectivity index (χ0) is 22.8. The molecule has 0 saturated carbocycles. The molecular weight excluding hydrogens is 525 g/mol. The van der Waals surface area contributed by atoms with Gasteiger partial charge in [0, 0.05) is 15.6 Å². The molecule has 0 fully saturated rings. The van der Waals surface area contributed by atoms with Crippen LogP contribution in [0.3, 0.4) is 0 Å². The summed E-state index contributed by atoms with van der Waals surface area (Å²) in [5, 5.41) is 0.756. The number of halogens is 3. The van der Waals surface area contributed by atoms with Crippen molar-refractivity contribution < 1.29 is 13.2 Å². The van der Waals surface area contributed by atoms with E-state index in [0.717, 1.165) is 21.7 Å². The maximum Gasteiger partial charge on any atom is 0.264 e. The van der Waals surface area contributed by atoms with Gasteiger partial charge in [-0.1, -0.05) is 62.9 Å². The van der Waals surface area contributed by atoms with Crippen LogP contribution in [0.1, 0.15) is 22.6 Å². The number of benzene rings is 2. The molecule has 10 heteroatoms. The van der Waals surface area contributed by atoms with Gasteiger partial charge in [0.2, 0.25) is 0 Å². The molecule has 0 unspecified atom stereocenters. The number of imidazole rings is 1. The molecule has 6 nitrogen and oxygen atoms in total. The Hall–Kier alpha value is -2.13. The summed E-state index contributed by atoms with van der Waals surface area (Å²) in [4.78, 5) is 16.5. The summed E-state index contributed by atoms with van der Waals surface area (Å²) in [5.74, 6) is -0.181. The summed E-state index contributed by atoms with van der Waals surface area (Å²) >= 11 is 15.9. The number of rotatable bonds is 6. The zero-order valence-electron chi connectivity index (χ0n) is 16.6. The highest BCUT2D eigenvalue weighted by molar-refractivity contribution is 9.10. The number of amides is 1. The summed E-state index contributed by atoms with van der Waals surface area (Å²) in [6, 6.07) is 11.7. The van der Waals surface area contributed by atoms with Crippen LogP contribution in [0.5, 0.6) is 0 Å². The molecule has 1 aromatic heterocycles. The number of hydrogen-bond donors (Lipinski definition) is 1. The van der Waals surface area contributed by atoms with Crippen LogP contribution in [0.4, 0.5) is 0 Å². The predicted octanol–water partition coefficient (Wildman–Crippen LogP) is 5.14. The lowest BCUT2D eigenvalue weighted by molar-refractivity contribution is -0.114. The van der Waals surface area contributed by atoms with Crippen LogP contribution in [0, 0.1) is 13.8 Å². The van der Waals surface area contributed by atoms with Crippen LogP contribution in [0.25, 0.3) is 6.08 Å². The van der Waals surface area contributed by atoms with E-state index in [-0.39, 0.29) is 10.0 Å². The summed E-state index contributed by atoms with van der Waals surface area (Å²) in [7, 11) is -3.98. The maximum absolute atomic E-state index is 12.4. The summed E-state index contributed by atoms with van der Waals surface area (Å²) in [5.41, 5.74) is 2.21. The highest BCUT2D eigenvalue weighted by Gasteiger charge is 2.17. The maximum atomic E-state index is 12.4. The fourth-order valence-corrected chi connectivity index (χ4v) is 4.79. The summed E-state index contributed by atoms with van der Waals surface area (Å²) in [6.45, 7) is 3.99. The van der Waals surface area contributed by atoms with Gasteiger partial charge in [0.1, 0.15) is 5.82 Å². The quantitative estimate of drug-likeness (QED) is 0.437. The summed E-state index contributed by atoms with van der Waals surface area (Å²) in [6.07, 6.45) is 2.53. The number of aromatic nitrogens is 2. The van der Waals surface area contributed by atoms with Gasteiger partial charge in [0.25, 0.3) is 15.9 Å². The molecule has 0 aliphatic heterocycles. The first kappa shape index (κ1) is 23.5. The van der Waals surface area contributed by atoms with Gasteiger partial charge in [-0.15, -0.1) is 0 Å². The van der Waals surface area contributed by atoms with E-state index in [4.69, 9.17) is 23.2 Å². The van der Waals surface area contributed by atoms with Gasteiger partial charge >= 0.3 is 0 Å². The van der Waals surface area contributed by atoms with E-state index in [2.05, 4.69) is 20.9 Å². The van der Waals surface area contributed by atoms with Crippen LogP contribution >= 0.6 is 39.1 Å². The molecule has 1 heterocycles. The molecule has 0 atom stereocenters. The first-order chi connectivity index (χ1) is 14.6. The van der Waals surface area contributed by atoms with Crippen molar-refractivity contribution in [3.05, 3.63) is 85.8 Å². The van der Waals surface area contributed by atoms with Crippen molar-refractivity contribution in [1.82, 2.24) is 14.3 Å². The van der Waals surface area contributed by atoms with Crippen molar-refractivity contribution >= 4 is 61.1 Å². The number of nitrogens with zero attached hydrogens (tertiary/aromatic N) is 2. The Labute approximate surface area is 199 Å². The molecule has 1 amide bonds. The average molecular weight is 543 g/mol. The number of carbonyl (C=O) groups is 1. The van der Waals surface area contributed by atoms with E-state index in [1.165, 1.54) is 18.2 Å². The molecular formula is C21H18BrCl2N3O3S. The van der Waals surface area contributed by atoms with Crippen LogP contribution in [-0.4, -0.2) is 23.9 Å². The van der Waals surface area contributed by atoms with E-state index in [1.54, 1.807) is 29.7 Å². The van der Waals surface area contributed by atoms with Crippen molar-refractivity contribution in [2.75, 3.05) is 0 Å². The molecule has 0 saturated heterocycles. The SMILES string of the molecule is Cc1ccc(S(=O)(=O)NC(=O)/C=C/c2c(Cl)nc(C)n2Cc2ccc(Br)cc2Cl)cc1. The van der Waals surface area contributed by atoms with Crippen molar-refractivity contribution in [2.24, 2.45) is 0 Å². The van der Waals surface area contributed by atoms with E-state index in [0.29, 0.717) is 23.1 Å². The smallest absolute Gasteiger partial charge is 0.264 e. The van der Waals surface area contributed by atoms with Gasteiger partial charge in [0.05, 0.1) is 17.1 Å². The van der Waals surface area contributed by atoms with E-state index >= 15 is 0 Å². The number of sulfonamides is 1. The zero-order valence-corrected chi connectivity index (χ0v) is 20.5. The van der Waals surface area contributed by atoms with Crippen LogP contribution in [-0.2, 0) is 21.4 Å². The second kappa shape index (κ2) is 9.56. The average Bonchev–Trinajstić information content (AvgIpc) is 2.95. The fraction of sp³-hybridized carbons (Fsp3) is 0.143. The second-order valence-electron chi connectivity index (χ2n) is 6.77. The third-order valence-electron chi connectivity index (χ3n) is 4.46. The van der Waals surface area contributed by atoms with E-state index < -0.39 is 15.9 Å². The van der Waals surface area contributed by atoms with Crippen molar-refractivity contribution in [3.63, 3.8) is 0 Å². The number of carbonyl (C=O) groups excluding carboxylic acids is 1. The minimum absolute atomic E-state index is 0.00338. The highest BCUT2D eigenvalue weighted by atomic mass is 79.9. The van der Waals surface area contributed by atoms with Crippen molar-refractivity contribution in [1.29, 1.82) is 0 Å². The first-order valence-corrected chi connectivity index (χ1v) is 12.1. The van der Waals surface area contributed by atoms with Crippen LogP contribution < -0.4 is 4.72 Å². The van der Waals surface area contributed by atoms with Crippen LogP contribution in [0.2, 0.25) is 10.2 Å². The minimum atomic E-state index is -3.98. The molecule has 3 rings (SSSR count). The molecule has 0 aliphatic rings. The van der Waals surface area contributed by atoms with Gasteiger partial charge in [0.15, 0.2) is 5.15 Å². The minimum Gasteiger partial charge on any atom is -0.323 e. The molecule has 31 heavy (non-hydrogen) atoms. The standard InChI is InChI=1S/C21H18BrCl2N3O3S/c1-13-3-7-17(8-4-13)31(29,30)26-20(28)10-9-19-21(24)25-14(2)27(19)12-15-5-6-16(22)11-18(15)23/h3-11H,12H2,1-2H3,(H,26,28)/b10-9+. The van der Waals surface area contributed by atoms with E-state index in [9.17, 15) is 13.2 Å². The lowest BCUT2D eigenvalue weighted by Crippen LogP contribution is -2.29. The first-order valence-electron chi connectivity index (χ1n) is 9.05. The molecule has 0 bridgehead atoms. The Morgan fingerprint density at radius 3 is 2.48 bits per heavy atom. The fourth-order valence-electron chi connectivity index (χ4n) is 2.82. The Morgan fingerprint density at radius 1 is 1.16 bits per heavy atom. The van der Waals surface area contributed by atoms with E-state index in [1.807, 2.05) is 23.8 Å².